The third kappa shape index (κ3) is 3.14. The van der Waals surface area contributed by atoms with Crippen LogP contribution >= 0.6 is 11.6 Å². The second-order valence-electron chi connectivity index (χ2n) is 4.42. The Bertz CT molecular complexity index is 667. The van der Waals surface area contributed by atoms with E-state index in [-0.39, 0.29) is 10.7 Å². The number of halogens is 1. The molecule has 102 valence electrons. The summed E-state index contributed by atoms with van der Waals surface area (Å²) >= 11 is 5.59. The molecule has 0 saturated heterocycles. The Labute approximate surface area is 114 Å². The zero-order valence-corrected chi connectivity index (χ0v) is 11.6. The standard InChI is InChI=1S/C12H15ClN4O2/c1-8-6-9(2)17(15-8)5-3-4-16-11(18)7-10(13)14-12(16)19/h6-7H,3-5H2,1-2H3,(H,14,19). The molecule has 6 nitrogen and oxygen atoms in total. The minimum Gasteiger partial charge on any atom is -0.298 e. The van der Waals surface area contributed by atoms with Crippen LogP contribution in [0.25, 0.3) is 0 Å². The molecule has 0 spiro atoms. The topological polar surface area (TPSA) is 72.7 Å². The van der Waals surface area contributed by atoms with Gasteiger partial charge in [-0.25, -0.2) is 4.79 Å². The summed E-state index contributed by atoms with van der Waals surface area (Å²) < 4.78 is 3.00. The van der Waals surface area contributed by atoms with Gasteiger partial charge in [-0.15, -0.1) is 0 Å². The molecule has 0 bridgehead atoms. The largest absolute Gasteiger partial charge is 0.329 e. The number of nitrogens with one attached hydrogen (secondary N) is 1. The summed E-state index contributed by atoms with van der Waals surface area (Å²) in [4.78, 5) is 25.6. The number of aryl methyl sites for hydroxylation is 3. The Hall–Kier alpha value is -1.82. The molecule has 0 amide bonds. The maximum atomic E-state index is 11.6. The SMILES string of the molecule is Cc1cc(C)n(CCCn2c(=O)cc(Cl)[nH]c2=O)n1. The fourth-order valence-corrected chi connectivity index (χ4v) is 2.16. The molecule has 1 N–H and O–H groups in total. The van der Waals surface area contributed by atoms with Gasteiger partial charge in [0.25, 0.3) is 5.56 Å². The highest BCUT2D eigenvalue weighted by Crippen LogP contribution is 2.03. The van der Waals surface area contributed by atoms with Crippen LogP contribution in [0.3, 0.4) is 0 Å². The van der Waals surface area contributed by atoms with Crippen molar-refractivity contribution in [3.8, 4) is 0 Å². The molecule has 7 heteroatoms. The molecule has 0 unspecified atom stereocenters. The summed E-state index contributed by atoms with van der Waals surface area (Å²) in [7, 11) is 0. The molecule has 0 atom stereocenters. The zero-order chi connectivity index (χ0) is 14.0. The van der Waals surface area contributed by atoms with Crippen molar-refractivity contribution in [2.24, 2.45) is 0 Å². The fraction of sp³-hybridized carbons (Fsp3) is 0.417. The average Bonchev–Trinajstić information content (AvgIpc) is 2.61. The van der Waals surface area contributed by atoms with E-state index in [2.05, 4.69) is 10.1 Å². The Kier molecular flexibility index (Phi) is 3.90. The van der Waals surface area contributed by atoms with Crippen LogP contribution in [0.2, 0.25) is 5.15 Å². The highest BCUT2D eigenvalue weighted by atomic mass is 35.5. The van der Waals surface area contributed by atoms with Crippen molar-refractivity contribution in [2.75, 3.05) is 0 Å². The van der Waals surface area contributed by atoms with Gasteiger partial charge in [-0.3, -0.25) is 19.0 Å². The number of aromatic nitrogens is 4. The lowest BCUT2D eigenvalue weighted by Gasteiger charge is -2.06. The van der Waals surface area contributed by atoms with Crippen LogP contribution in [0.1, 0.15) is 17.8 Å². The predicted molar refractivity (Wildman–Crippen MR) is 72.7 cm³/mol. The summed E-state index contributed by atoms with van der Waals surface area (Å²) in [5.41, 5.74) is 1.15. The van der Waals surface area contributed by atoms with Crippen LogP contribution in [-0.2, 0) is 13.1 Å². The molecule has 2 aromatic heterocycles. The molecule has 2 aromatic rings. The van der Waals surface area contributed by atoms with Gasteiger partial charge in [-0.1, -0.05) is 11.6 Å². The third-order valence-corrected chi connectivity index (χ3v) is 3.05. The van der Waals surface area contributed by atoms with Crippen molar-refractivity contribution in [1.82, 2.24) is 19.3 Å². The molecule has 0 radical (unpaired) electrons. The van der Waals surface area contributed by atoms with Gasteiger partial charge in [-0.2, -0.15) is 5.10 Å². The lowest BCUT2D eigenvalue weighted by Crippen LogP contribution is -2.34. The minimum atomic E-state index is -0.481. The minimum absolute atomic E-state index is 0.0600. The highest BCUT2D eigenvalue weighted by molar-refractivity contribution is 6.29. The predicted octanol–water partition coefficient (Wildman–Crippen LogP) is 1.09. The first-order valence-corrected chi connectivity index (χ1v) is 6.36. The highest BCUT2D eigenvalue weighted by Gasteiger charge is 2.04. The van der Waals surface area contributed by atoms with Crippen molar-refractivity contribution in [1.29, 1.82) is 0 Å². The molecule has 0 aliphatic carbocycles. The second-order valence-corrected chi connectivity index (χ2v) is 4.82. The second kappa shape index (κ2) is 5.44. The van der Waals surface area contributed by atoms with E-state index < -0.39 is 5.69 Å². The van der Waals surface area contributed by atoms with Crippen molar-refractivity contribution in [3.63, 3.8) is 0 Å². The summed E-state index contributed by atoms with van der Waals surface area (Å²) in [5, 5.41) is 4.38. The third-order valence-electron chi connectivity index (χ3n) is 2.84. The van der Waals surface area contributed by atoms with Gasteiger partial charge >= 0.3 is 5.69 Å². The van der Waals surface area contributed by atoms with Crippen LogP contribution in [0.4, 0.5) is 0 Å². The normalized spacial score (nSPS) is 10.9. The van der Waals surface area contributed by atoms with E-state index in [1.165, 1.54) is 6.07 Å². The van der Waals surface area contributed by atoms with Crippen LogP contribution in [0.5, 0.6) is 0 Å². The van der Waals surface area contributed by atoms with Gasteiger partial charge in [-0.05, 0) is 26.3 Å². The fourth-order valence-electron chi connectivity index (χ4n) is 1.98. The molecule has 0 aliphatic rings. The van der Waals surface area contributed by atoms with Crippen LogP contribution in [0.15, 0.2) is 21.7 Å². The number of H-pyrrole nitrogens is 1. The lowest BCUT2D eigenvalue weighted by molar-refractivity contribution is 0.499. The van der Waals surface area contributed by atoms with E-state index in [9.17, 15) is 9.59 Å². The summed E-state index contributed by atoms with van der Waals surface area (Å²) in [5.74, 6) is 0. The first-order chi connectivity index (χ1) is 8.97. The van der Waals surface area contributed by atoms with Crippen LogP contribution in [0, 0.1) is 13.8 Å². The summed E-state index contributed by atoms with van der Waals surface area (Å²) in [6.07, 6.45) is 0.645. The van der Waals surface area contributed by atoms with Gasteiger partial charge in [0.15, 0.2) is 0 Å². The first kappa shape index (κ1) is 13.6. The van der Waals surface area contributed by atoms with E-state index in [0.29, 0.717) is 19.5 Å². The van der Waals surface area contributed by atoms with Crippen molar-refractivity contribution < 1.29 is 0 Å². The Morgan fingerprint density at radius 1 is 1.26 bits per heavy atom. The molecule has 0 aromatic carbocycles. The molecule has 0 aliphatic heterocycles. The van der Waals surface area contributed by atoms with E-state index in [1.807, 2.05) is 24.6 Å². The van der Waals surface area contributed by atoms with Crippen molar-refractivity contribution >= 4 is 11.6 Å². The van der Waals surface area contributed by atoms with E-state index in [0.717, 1.165) is 16.0 Å². The molecule has 19 heavy (non-hydrogen) atoms. The molecule has 2 rings (SSSR count). The molecule has 0 fully saturated rings. The Balaban J connectivity index is 2.06. The molecule has 0 saturated carbocycles. The van der Waals surface area contributed by atoms with Gasteiger partial charge in [0.1, 0.15) is 5.15 Å². The first-order valence-electron chi connectivity index (χ1n) is 5.98. The maximum absolute atomic E-state index is 11.6. The summed E-state index contributed by atoms with van der Waals surface area (Å²) in [6, 6.07) is 3.19. The lowest BCUT2D eigenvalue weighted by atomic mass is 10.4. The number of nitrogens with zero attached hydrogens (tertiary/aromatic N) is 3. The smallest absolute Gasteiger partial charge is 0.298 e. The van der Waals surface area contributed by atoms with Crippen molar-refractivity contribution in [3.05, 3.63) is 49.5 Å². The number of hydrogen-bond donors (Lipinski definition) is 1. The van der Waals surface area contributed by atoms with E-state index >= 15 is 0 Å². The van der Waals surface area contributed by atoms with Crippen LogP contribution in [-0.4, -0.2) is 19.3 Å². The zero-order valence-electron chi connectivity index (χ0n) is 10.8. The molecular formula is C12H15ClN4O2. The quantitative estimate of drug-likeness (QED) is 0.853. The van der Waals surface area contributed by atoms with Gasteiger partial charge in [0.2, 0.25) is 0 Å². The molecular weight excluding hydrogens is 268 g/mol. The van der Waals surface area contributed by atoms with Gasteiger partial charge in [0.05, 0.1) is 5.69 Å². The van der Waals surface area contributed by atoms with Gasteiger partial charge < -0.3 is 0 Å². The monoisotopic (exact) mass is 282 g/mol. The average molecular weight is 283 g/mol. The van der Waals surface area contributed by atoms with E-state index in [4.69, 9.17) is 11.6 Å². The Morgan fingerprint density at radius 2 is 2.00 bits per heavy atom. The molecule has 2 heterocycles. The summed E-state index contributed by atoms with van der Waals surface area (Å²) in [6.45, 7) is 4.90. The maximum Gasteiger partial charge on any atom is 0.329 e. The number of rotatable bonds is 4. The van der Waals surface area contributed by atoms with Crippen LogP contribution < -0.4 is 11.2 Å². The van der Waals surface area contributed by atoms with Crippen molar-refractivity contribution in [2.45, 2.75) is 33.4 Å². The van der Waals surface area contributed by atoms with Gasteiger partial charge in [0, 0.05) is 24.8 Å². The number of aromatic amines is 1. The Morgan fingerprint density at radius 3 is 2.58 bits per heavy atom. The van der Waals surface area contributed by atoms with E-state index in [1.54, 1.807) is 0 Å². The number of hydrogen-bond acceptors (Lipinski definition) is 3.